The molecule has 0 aromatic heterocycles. The molecule has 18 heavy (non-hydrogen) atoms. The average molecular weight is 246 g/mol. The normalized spacial score (nSPS) is 11.8. The van der Waals surface area contributed by atoms with Crippen molar-refractivity contribution >= 4 is 5.97 Å². The summed E-state index contributed by atoms with van der Waals surface area (Å²) in [5.41, 5.74) is 1.12. The molecule has 0 aliphatic rings. The van der Waals surface area contributed by atoms with Gasteiger partial charge in [0.25, 0.3) is 0 Å². The van der Waals surface area contributed by atoms with E-state index in [9.17, 15) is 4.79 Å². The zero-order valence-electron chi connectivity index (χ0n) is 10.7. The van der Waals surface area contributed by atoms with Crippen molar-refractivity contribution in [3.63, 3.8) is 0 Å². The van der Waals surface area contributed by atoms with Crippen molar-refractivity contribution in [2.24, 2.45) is 0 Å². The van der Waals surface area contributed by atoms with Crippen LogP contribution in [-0.2, 0) is 11.4 Å². The van der Waals surface area contributed by atoms with Crippen LogP contribution in [0.3, 0.4) is 0 Å². The summed E-state index contributed by atoms with van der Waals surface area (Å²) in [4.78, 5) is 11.9. The van der Waals surface area contributed by atoms with Crippen LogP contribution in [0, 0.1) is 0 Å². The molecule has 0 fully saturated rings. The number of carbonyl (C=O) groups excluding carboxylic acids is 1. The Hall–Kier alpha value is -1.87. The van der Waals surface area contributed by atoms with Crippen LogP contribution in [0.1, 0.15) is 25.8 Å². The number of aliphatic hydroxyl groups excluding tert-OH is 1. The van der Waals surface area contributed by atoms with Crippen molar-refractivity contribution in [3.8, 4) is 5.75 Å². The number of ether oxygens (including phenoxy) is 1. The Balaban J connectivity index is 2.89. The van der Waals surface area contributed by atoms with Gasteiger partial charge in [-0.2, -0.15) is 0 Å². The molecule has 1 aromatic rings. The third kappa shape index (κ3) is 3.86. The van der Waals surface area contributed by atoms with Gasteiger partial charge in [-0.25, -0.2) is 4.79 Å². The van der Waals surface area contributed by atoms with Crippen molar-refractivity contribution in [1.29, 1.82) is 0 Å². The van der Waals surface area contributed by atoms with Crippen molar-refractivity contribution in [2.75, 3.05) is 0 Å². The van der Waals surface area contributed by atoms with E-state index < -0.39 is 5.97 Å². The van der Waals surface area contributed by atoms with Crippen molar-refractivity contribution < 1.29 is 14.6 Å². The molecule has 0 saturated heterocycles. The highest BCUT2D eigenvalue weighted by molar-refractivity contribution is 5.93. The number of rotatable bonds is 5. The quantitative estimate of drug-likeness (QED) is 0.376. The fourth-order valence-electron chi connectivity index (χ4n) is 1.51. The lowest BCUT2D eigenvalue weighted by molar-refractivity contribution is -0.129. The second-order valence-corrected chi connectivity index (χ2v) is 3.72. The molecule has 0 aliphatic heterocycles. The summed E-state index contributed by atoms with van der Waals surface area (Å²) < 4.78 is 5.29. The minimum atomic E-state index is -0.407. The Morgan fingerprint density at radius 2 is 2.11 bits per heavy atom. The smallest absolute Gasteiger partial charge is 0.343 e. The van der Waals surface area contributed by atoms with Crippen molar-refractivity contribution in [1.82, 2.24) is 0 Å². The number of aliphatic hydroxyl groups is 1. The molecule has 0 unspecified atom stereocenters. The molecule has 0 aliphatic carbocycles. The monoisotopic (exact) mass is 246 g/mol. The van der Waals surface area contributed by atoms with E-state index in [4.69, 9.17) is 9.84 Å². The number of carbonyl (C=O) groups is 1. The molecule has 0 atom stereocenters. The third-order valence-corrected chi connectivity index (χ3v) is 2.35. The first kappa shape index (κ1) is 14.2. The average Bonchev–Trinajstić information content (AvgIpc) is 2.39. The first-order chi connectivity index (χ1) is 8.72. The second kappa shape index (κ2) is 7.45. The maximum Gasteiger partial charge on any atom is 0.343 e. The van der Waals surface area contributed by atoms with E-state index in [2.05, 4.69) is 0 Å². The van der Waals surface area contributed by atoms with Gasteiger partial charge in [0, 0.05) is 5.56 Å². The van der Waals surface area contributed by atoms with Gasteiger partial charge in [0.15, 0.2) is 0 Å². The number of para-hydroxylation sites is 1. The summed E-state index contributed by atoms with van der Waals surface area (Å²) >= 11 is 0. The van der Waals surface area contributed by atoms with Crippen LogP contribution in [0.15, 0.2) is 48.1 Å². The van der Waals surface area contributed by atoms with Gasteiger partial charge in [0.2, 0.25) is 0 Å². The Morgan fingerprint density at radius 1 is 1.39 bits per heavy atom. The summed E-state index contributed by atoms with van der Waals surface area (Å²) in [5, 5.41) is 9.16. The predicted molar refractivity (Wildman–Crippen MR) is 71.2 cm³/mol. The van der Waals surface area contributed by atoms with E-state index in [0.717, 1.165) is 6.42 Å². The van der Waals surface area contributed by atoms with E-state index in [-0.39, 0.29) is 6.61 Å². The van der Waals surface area contributed by atoms with Crippen LogP contribution in [0.5, 0.6) is 5.75 Å². The van der Waals surface area contributed by atoms with Crippen LogP contribution in [-0.4, -0.2) is 11.1 Å². The Kier molecular flexibility index (Phi) is 5.88. The first-order valence-electron chi connectivity index (χ1n) is 5.96. The summed E-state index contributed by atoms with van der Waals surface area (Å²) in [7, 11) is 0. The van der Waals surface area contributed by atoms with Crippen LogP contribution < -0.4 is 4.74 Å². The number of hydrogen-bond donors (Lipinski definition) is 1. The van der Waals surface area contributed by atoms with Gasteiger partial charge >= 0.3 is 5.97 Å². The van der Waals surface area contributed by atoms with Crippen molar-refractivity contribution in [2.45, 2.75) is 26.9 Å². The number of esters is 1. The molecule has 1 aromatic carbocycles. The lowest BCUT2D eigenvalue weighted by atomic mass is 10.2. The maximum atomic E-state index is 11.9. The second-order valence-electron chi connectivity index (χ2n) is 3.72. The fourth-order valence-corrected chi connectivity index (χ4v) is 1.51. The standard InChI is InChI=1S/C15H18O3/c1-3-7-12(8-4-2)15(17)18-14-10-6-5-9-13(14)11-16/h3,5-10,16H,4,11H2,1-2H3/b7-3-,12-8+. The topological polar surface area (TPSA) is 46.5 Å². The molecule has 0 bridgehead atoms. The number of benzene rings is 1. The Labute approximate surface area is 107 Å². The minimum absolute atomic E-state index is 0.153. The van der Waals surface area contributed by atoms with Crippen molar-refractivity contribution in [3.05, 3.63) is 53.6 Å². The summed E-state index contributed by atoms with van der Waals surface area (Å²) in [6, 6.07) is 6.95. The van der Waals surface area contributed by atoms with E-state index in [0.29, 0.717) is 16.9 Å². The predicted octanol–water partition coefficient (Wildman–Crippen LogP) is 3.00. The highest BCUT2D eigenvalue weighted by Crippen LogP contribution is 2.19. The molecule has 0 saturated carbocycles. The first-order valence-corrected chi connectivity index (χ1v) is 5.96. The molecular weight excluding hydrogens is 228 g/mol. The lowest BCUT2D eigenvalue weighted by Crippen LogP contribution is -2.11. The summed E-state index contributed by atoms with van der Waals surface area (Å²) in [5.74, 6) is -0.00708. The van der Waals surface area contributed by atoms with Gasteiger partial charge in [0.05, 0.1) is 12.2 Å². The molecule has 0 heterocycles. The molecule has 1 rings (SSSR count). The summed E-state index contributed by atoms with van der Waals surface area (Å²) in [6.45, 7) is 3.65. The van der Waals surface area contributed by atoms with Crippen LogP contribution in [0.2, 0.25) is 0 Å². The fraction of sp³-hybridized carbons (Fsp3) is 0.267. The molecule has 1 N–H and O–H groups in total. The Morgan fingerprint density at radius 3 is 2.72 bits per heavy atom. The Bertz CT molecular complexity index is 459. The van der Waals surface area contributed by atoms with E-state index in [1.807, 2.05) is 19.9 Å². The number of hydrogen-bond acceptors (Lipinski definition) is 3. The van der Waals surface area contributed by atoms with Gasteiger partial charge in [-0.3, -0.25) is 0 Å². The van der Waals surface area contributed by atoms with Crippen LogP contribution in [0.4, 0.5) is 0 Å². The molecule has 0 amide bonds. The molecular formula is C15H18O3. The van der Waals surface area contributed by atoms with Gasteiger partial charge in [-0.15, -0.1) is 0 Å². The minimum Gasteiger partial charge on any atom is -0.423 e. The SMILES string of the molecule is C/C=C\C(=C/CC)C(=O)Oc1ccccc1CO. The zero-order chi connectivity index (χ0) is 13.4. The van der Waals surface area contributed by atoms with Gasteiger partial charge in [-0.05, 0) is 19.4 Å². The lowest BCUT2D eigenvalue weighted by Gasteiger charge is -2.08. The van der Waals surface area contributed by atoms with Gasteiger partial charge < -0.3 is 9.84 Å². The summed E-state index contributed by atoms with van der Waals surface area (Å²) in [6.07, 6.45) is 6.08. The molecule has 0 radical (unpaired) electrons. The molecule has 96 valence electrons. The molecule has 0 spiro atoms. The number of allylic oxidation sites excluding steroid dienone is 2. The third-order valence-electron chi connectivity index (χ3n) is 2.35. The van der Waals surface area contributed by atoms with Crippen LogP contribution in [0.25, 0.3) is 0 Å². The van der Waals surface area contributed by atoms with E-state index in [1.165, 1.54) is 0 Å². The van der Waals surface area contributed by atoms with E-state index >= 15 is 0 Å². The zero-order valence-corrected chi connectivity index (χ0v) is 10.7. The van der Waals surface area contributed by atoms with E-state index in [1.54, 1.807) is 36.4 Å². The van der Waals surface area contributed by atoms with Gasteiger partial charge in [0.1, 0.15) is 5.75 Å². The largest absolute Gasteiger partial charge is 0.423 e. The highest BCUT2D eigenvalue weighted by atomic mass is 16.5. The van der Waals surface area contributed by atoms with Gasteiger partial charge in [-0.1, -0.05) is 43.4 Å². The highest BCUT2D eigenvalue weighted by Gasteiger charge is 2.11. The van der Waals surface area contributed by atoms with Crippen LogP contribution >= 0.6 is 0 Å². The maximum absolute atomic E-state index is 11.9. The molecule has 3 nitrogen and oxygen atoms in total. The molecule has 3 heteroatoms.